The van der Waals surface area contributed by atoms with E-state index in [1.165, 1.54) is 0 Å². The lowest BCUT2D eigenvalue weighted by Gasteiger charge is -2.26. The van der Waals surface area contributed by atoms with Gasteiger partial charge >= 0.3 is 5.97 Å². The molecule has 0 N–H and O–H groups in total. The summed E-state index contributed by atoms with van der Waals surface area (Å²) in [5.41, 5.74) is 0. The highest BCUT2D eigenvalue weighted by Gasteiger charge is 2.27. The number of esters is 1. The monoisotopic (exact) mass is 300 g/mol. The smallest absolute Gasteiger partial charge is 0.314 e. The predicted octanol–water partition coefficient (Wildman–Crippen LogP) is 4.62. The molecule has 0 aromatic heterocycles. The summed E-state index contributed by atoms with van der Waals surface area (Å²) in [6, 6.07) is 1.39. The van der Waals surface area contributed by atoms with Crippen LogP contribution in [0, 0.1) is 29.3 Å². The lowest BCUT2D eigenvalue weighted by Crippen LogP contribution is -2.25. The van der Waals surface area contributed by atoms with Gasteiger partial charge in [-0.25, -0.2) is 13.2 Å². The molecule has 0 saturated heterocycles. The van der Waals surface area contributed by atoms with Gasteiger partial charge in [0.15, 0.2) is 17.5 Å². The summed E-state index contributed by atoms with van der Waals surface area (Å²) in [6.07, 6.45) is 5.70. The Morgan fingerprint density at radius 3 is 2.24 bits per heavy atom. The second-order valence-electron chi connectivity index (χ2n) is 5.63. The zero-order valence-corrected chi connectivity index (χ0v) is 12.0. The number of hydrogen-bond donors (Lipinski definition) is 0. The highest BCUT2D eigenvalue weighted by molar-refractivity contribution is 5.75. The van der Waals surface area contributed by atoms with Gasteiger partial charge in [0.25, 0.3) is 0 Å². The lowest BCUT2D eigenvalue weighted by atomic mass is 9.80. The molecule has 0 unspecified atom stereocenters. The van der Waals surface area contributed by atoms with Gasteiger partial charge in [0.05, 0.1) is 5.92 Å². The van der Waals surface area contributed by atoms with Gasteiger partial charge in [0.1, 0.15) is 5.75 Å². The SMILES string of the molecule is CCC[C@H]1CC[C@H](C(=O)Oc2cc(F)c(F)c(F)c2)CC1. The van der Waals surface area contributed by atoms with Gasteiger partial charge in [-0.1, -0.05) is 19.8 Å². The number of carbonyl (C=O) groups excluding carboxylic acids is 1. The van der Waals surface area contributed by atoms with Crippen LogP contribution in [0.15, 0.2) is 12.1 Å². The van der Waals surface area contributed by atoms with E-state index in [2.05, 4.69) is 6.92 Å². The fraction of sp³-hybridized carbons (Fsp3) is 0.562. The van der Waals surface area contributed by atoms with Crippen LogP contribution in [0.5, 0.6) is 5.75 Å². The third kappa shape index (κ3) is 3.99. The topological polar surface area (TPSA) is 26.3 Å². The molecule has 2 rings (SSSR count). The van der Waals surface area contributed by atoms with Crippen molar-refractivity contribution in [3.63, 3.8) is 0 Å². The van der Waals surface area contributed by atoms with Crippen molar-refractivity contribution in [1.29, 1.82) is 0 Å². The zero-order chi connectivity index (χ0) is 15.4. The number of carbonyl (C=O) groups is 1. The molecule has 2 nitrogen and oxygen atoms in total. The van der Waals surface area contributed by atoms with Crippen LogP contribution in [0.1, 0.15) is 45.4 Å². The van der Waals surface area contributed by atoms with E-state index >= 15 is 0 Å². The van der Waals surface area contributed by atoms with Crippen molar-refractivity contribution in [2.45, 2.75) is 45.4 Å². The average Bonchev–Trinajstić information content (AvgIpc) is 2.45. The van der Waals surface area contributed by atoms with Crippen molar-refractivity contribution in [2.75, 3.05) is 0 Å². The van der Waals surface area contributed by atoms with Gasteiger partial charge in [-0.3, -0.25) is 4.79 Å². The second kappa shape index (κ2) is 6.96. The first-order valence-corrected chi connectivity index (χ1v) is 7.37. The molecule has 0 atom stereocenters. The first-order valence-electron chi connectivity index (χ1n) is 7.37. The molecule has 1 aromatic carbocycles. The summed E-state index contributed by atoms with van der Waals surface area (Å²) in [5, 5.41) is 0. The third-order valence-corrected chi connectivity index (χ3v) is 4.05. The van der Waals surface area contributed by atoms with Crippen LogP contribution in [0.25, 0.3) is 0 Å². The van der Waals surface area contributed by atoms with Crippen molar-refractivity contribution in [1.82, 2.24) is 0 Å². The molecule has 5 heteroatoms. The van der Waals surface area contributed by atoms with Gasteiger partial charge < -0.3 is 4.74 Å². The van der Waals surface area contributed by atoms with E-state index < -0.39 is 23.4 Å². The van der Waals surface area contributed by atoms with Gasteiger partial charge in [0.2, 0.25) is 0 Å². The van der Waals surface area contributed by atoms with E-state index in [1.54, 1.807) is 0 Å². The normalized spacial score (nSPS) is 22.1. The fourth-order valence-corrected chi connectivity index (χ4v) is 2.89. The molecule has 1 saturated carbocycles. The number of ether oxygens (including phenoxy) is 1. The Hall–Kier alpha value is -1.52. The summed E-state index contributed by atoms with van der Waals surface area (Å²) in [4.78, 5) is 12.0. The Morgan fingerprint density at radius 2 is 1.71 bits per heavy atom. The summed E-state index contributed by atoms with van der Waals surface area (Å²) in [5.74, 6) is -4.64. The standard InChI is InChI=1S/C16H19F3O2/c1-2-3-10-4-6-11(7-5-10)16(20)21-12-8-13(17)15(19)14(18)9-12/h8-11H,2-7H2,1H3/t10-,11-. The Kier molecular flexibility index (Phi) is 5.26. The summed E-state index contributed by atoms with van der Waals surface area (Å²) < 4.78 is 43.9. The van der Waals surface area contributed by atoms with E-state index in [-0.39, 0.29) is 11.7 Å². The zero-order valence-electron chi connectivity index (χ0n) is 12.0. The Balaban J connectivity index is 1.93. The number of hydrogen-bond acceptors (Lipinski definition) is 2. The maximum atomic E-state index is 13.1. The van der Waals surface area contributed by atoms with Crippen molar-refractivity contribution < 1.29 is 22.7 Å². The molecule has 0 amide bonds. The van der Waals surface area contributed by atoms with Crippen molar-refractivity contribution in [3.05, 3.63) is 29.6 Å². The van der Waals surface area contributed by atoms with E-state index in [1.807, 2.05) is 0 Å². The number of benzene rings is 1. The van der Waals surface area contributed by atoms with Crippen LogP contribution in [-0.2, 0) is 4.79 Å². The van der Waals surface area contributed by atoms with Crippen LogP contribution in [0.3, 0.4) is 0 Å². The van der Waals surface area contributed by atoms with Crippen LogP contribution in [-0.4, -0.2) is 5.97 Å². The van der Waals surface area contributed by atoms with E-state index in [0.717, 1.165) is 38.5 Å². The number of halogens is 3. The first-order chi connectivity index (χ1) is 10.0. The van der Waals surface area contributed by atoms with Gasteiger partial charge in [0, 0.05) is 12.1 Å². The maximum Gasteiger partial charge on any atom is 0.314 e. The van der Waals surface area contributed by atoms with Gasteiger partial charge in [-0.2, -0.15) is 0 Å². The van der Waals surface area contributed by atoms with E-state index in [4.69, 9.17) is 4.74 Å². The molecule has 0 spiro atoms. The summed E-state index contributed by atoms with van der Waals surface area (Å²) >= 11 is 0. The van der Waals surface area contributed by atoms with Gasteiger partial charge in [-0.15, -0.1) is 0 Å². The quantitative estimate of drug-likeness (QED) is 0.461. The van der Waals surface area contributed by atoms with Gasteiger partial charge in [-0.05, 0) is 31.6 Å². The molecule has 1 aliphatic rings. The minimum atomic E-state index is -1.56. The average molecular weight is 300 g/mol. The van der Waals surface area contributed by atoms with E-state index in [0.29, 0.717) is 18.1 Å². The summed E-state index contributed by atoms with van der Waals surface area (Å²) in [6.45, 7) is 2.14. The predicted molar refractivity (Wildman–Crippen MR) is 72.3 cm³/mol. The molecule has 0 radical (unpaired) electrons. The third-order valence-electron chi connectivity index (χ3n) is 4.05. The molecular weight excluding hydrogens is 281 g/mol. The van der Waals surface area contributed by atoms with Crippen LogP contribution >= 0.6 is 0 Å². The molecule has 21 heavy (non-hydrogen) atoms. The molecule has 1 fully saturated rings. The molecule has 0 heterocycles. The minimum absolute atomic E-state index is 0.241. The molecular formula is C16H19F3O2. The molecule has 116 valence electrons. The van der Waals surface area contributed by atoms with Crippen LogP contribution in [0.4, 0.5) is 13.2 Å². The highest BCUT2D eigenvalue weighted by atomic mass is 19.2. The molecule has 1 aliphatic carbocycles. The van der Waals surface area contributed by atoms with Crippen molar-refractivity contribution in [3.8, 4) is 5.75 Å². The Morgan fingerprint density at radius 1 is 1.14 bits per heavy atom. The lowest BCUT2D eigenvalue weighted by molar-refractivity contribution is -0.140. The first kappa shape index (κ1) is 15.9. The number of rotatable bonds is 4. The largest absolute Gasteiger partial charge is 0.426 e. The molecule has 0 bridgehead atoms. The fourth-order valence-electron chi connectivity index (χ4n) is 2.89. The highest BCUT2D eigenvalue weighted by Crippen LogP contribution is 2.32. The van der Waals surface area contributed by atoms with Crippen LogP contribution < -0.4 is 4.74 Å². The van der Waals surface area contributed by atoms with E-state index in [9.17, 15) is 18.0 Å². The van der Waals surface area contributed by atoms with Crippen molar-refractivity contribution >= 4 is 5.97 Å². The molecule has 0 aliphatic heterocycles. The summed E-state index contributed by atoms with van der Waals surface area (Å²) in [7, 11) is 0. The minimum Gasteiger partial charge on any atom is -0.426 e. The van der Waals surface area contributed by atoms with Crippen molar-refractivity contribution in [2.24, 2.45) is 11.8 Å². The Labute approximate surface area is 122 Å². The van der Waals surface area contributed by atoms with Crippen LogP contribution in [0.2, 0.25) is 0 Å². The maximum absolute atomic E-state index is 13.1. The second-order valence-corrected chi connectivity index (χ2v) is 5.63. The Bertz CT molecular complexity index is 485. The molecule has 1 aromatic rings.